The van der Waals surface area contributed by atoms with Crippen LogP contribution in [0.1, 0.15) is 75.8 Å². The van der Waals surface area contributed by atoms with Crippen molar-refractivity contribution in [3.8, 4) is 11.5 Å². The molecule has 15 nitrogen and oxygen atoms in total. The molecule has 0 unspecified atom stereocenters. The Kier molecular flexibility index (Phi) is 9.26. The van der Waals surface area contributed by atoms with Gasteiger partial charge in [-0.1, -0.05) is 6.07 Å². The fourth-order valence-electron chi connectivity index (χ4n) is 6.56. The van der Waals surface area contributed by atoms with Crippen LogP contribution in [-0.4, -0.2) is 70.0 Å². The van der Waals surface area contributed by atoms with Gasteiger partial charge >= 0.3 is 0 Å². The van der Waals surface area contributed by atoms with Gasteiger partial charge in [-0.3, -0.25) is 34.4 Å². The molecule has 0 atom stereocenters. The number of imidazole rings is 2. The number of anilines is 2. The summed E-state index contributed by atoms with van der Waals surface area (Å²) in [6.07, 6.45) is 2.63. The van der Waals surface area contributed by atoms with E-state index < -0.39 is 0 Å². The van der Waals surface area contributed by atoms with Crippen molar-refractivity contribution in [2.24, 2.45) is 0 Å². The first-order chi connectivity index (χ1) is 24.8. The number of para-hydroxylation sites is 1. The maximum atomic E-state index is 13.6. The van der Waals surface area contributed by atoms with Crippen LogP contribution in [0.15, 0.2) is 42.5 Å². The number of aromatic nitrogens is 8. The van der Waals surface area contributed by atoms with Gasteiger partial charge in [-0.05, 0) is 76.9 Å². The number of hydrogen-bond donors (Lipinski definition) is 2. The molecule has 51 heavy (non-hydrogen) atoms. The highest BCUT2D eigenvalue weighted by Gasteiger charge is 2.23. The van der Waals surface area contributed by atoms with E-state index in [0.29, 0.717) is 116 Å². The summed E-state index contributed by atoms with van der Waals surface area (Å²) in [7, 11) is 0. The molecule has 4 aromatic heterocycles. The van der Waals surface area contributed by atoms with Crippen LogP contribution in [0.5, 0.6) is 11.5 Å². The van der Waals surface area contributed by atoms with Crippen LogP contribution >= 0.6 is 0 Å². The summed E-state index contributed by atoms with van der Waals surface area (Å²) in [6, 6.07) is 12.6. The molecule has 0 bridgehead atoms. The molecule has 2 N–H and O–H groups in total. The molecule has 6 aromatic rings. The summed E-state index contributed by atoms with van der Waals surface area (Å²) in [5, 5.41) is 14.9. The normalized spacial score (nSPS) is 13.6. The first-order valence-corrected chi connectivity index (χ1v) is 17.2. The molecule has 15 heteroatoms. The van der Waals surface area contributed by atoms with Gasteiger partial charge in [0.05, 0.1) is 35.6 Å². The summed E-state index contributed by atoms with van der Waals surface area (Å²) >= 11 is 0. The van der Waals surface area contributed by atoms with Crippen molar-refractivity contribution in [1.29, 1.82) is 0 Å². The average molecular weight is 693 g/mol. The summed E-state index contributed by atoms with van der Waals surface area (Å²) in [5.41, 5.74) is 5.47. The standard InChI is InChI=1S/C36H40N10O5/c1-5-45-27(17-22(3)41-45)33(48)39-35-37-25-11-9-12-29-31(25)43(35)13-7-8-14-44-32-26(19-24(21-47)20-30(32)51-16-10-15-50-29)38-36(44)40-34(49)28-18-23(4)42-46(28)6-2/h9,11-12,17-21H,5-8,10,13-16H2,1-4H3,(H,37,39,48)(H,38,40,49). The van der Waals surface area contributed by atoms with Crippen molar-refractivity contribution in [3.05, 3.63) is 70.8 Å². The highest BCUT2D eigenvalue weighted by Crippen LogP contribution is 2.33. The number of amides is 2. The second kappa shape index (κ2) is 14.1. The predicted molar refractivity (Wildman–Crippen MR) is 191 cm³/mol. The SMILES string of the molecule is CCn1nc(C)cc1C(=O)Nc1nc2cccc3c2n1CCCCn1c(NC(=O)c2cc(C)nn2CC)nc2cc(C=O)cc(c21)OCCCO3. The molecule has 5 heterocycles. The van der Waals surface area contributed by atoms with Crippen LogP contribution in [-0.2, 0) is 26.2 Å². The van der Waals surface area contributed by atoms with Gasteiger partial charge in [-0.15, -0.1) is 0 Å². The van der Waals surface area contributed by atoms with E-state index in [2.05, 4.69) is 20.8 Å². The lowest BCUT2D eigenvalue weighted by atomic mass is 10.2. The van der Waals surface area contributed by atoms with Crippen molar-refractivity contribution in [3.63, 3.8) is 0 Å². The quantitative estimate of drug-likeness (QED) is 0.209. The smallest absolute Gasteiger partial charge is 0.276 e. The lowest BCUT2D eigenvalue weighted by molar-refractivity contribution is 0.100. The first kappa shape index (κ1) is 33.5. The summed E-state index contributed by atoms with van der Waals surface area (Å²) in [5.74, 6) is 1.25. The van der Waals surface area contributed by atoms with Crippen LogP contribution in [0.3, 0.4) is 0 Å². The number of carbonyl (C=O) groups excluding carboxylic acids is 3. The van der Waals surface area contributed by atoms with Crippen molar-refractivity contribution in [1.82, 2.24) is 38.7 Å². The average Bonchev–Trinajstić information content (AvgIpc) is 3.88. The Hall–Kier alpha value is -5.99. The van der Waals surface area contributed by atoms with Gasteiger partial charge in [0.25, 0.3) is 11.8 Å². The minimum absolute atomic E-state index is 0.299. The predicted octanol–water partition coefficient (Wildman–Crippen LogP) is 5.39. The van der Waals surface area contributed by atoms with Gasteiger partial charge in [-0.25, -0.2) is 9.97 Å². The lowest BCUT2D eigenvalue weighted by Gasteiger charge is -2.14. The third kappa shape index (κ3) is 6.54. The molecule has 0 saturated heterocycles. The largest absolute Gasteiger partial charge is 0.491 e. The van der Waals surface area contributed by atoms with E-state index in [-0.39, 0.29) is 11.8 Å². The molecule has 7 rings (SSSR count). The van der Waals surface area contributed by atoms with Gasteiger partial charge in [0.2, 0.25) is 11.9 Å². The number of carbonyl (C=O) groups is 3. The summed E-state index contributed by atoms with van der Waals surface area (Å²) in [6.45, 7) is 10.3. The van der Waals surface area contributed by atoms with E-state index >= 15 is 0 Å². The zero-order valence-corrected chi connectivity index (χ0v) is 29.1. The Morgan fingerprint density at radius 2 is 1.29 bits per heavy atom. The fraction of sp³-hybridized carbons (Fsp3) is 0.361. The van der Waals surface area contributed by atoms with E-state index in [9.17, 15) is 14.4 Å². The number of aryl methyl sites for hydroxylation is 6. The van der Waals surface area contributed by atoms with Gasteiger partial charge in [0.1, 0.15) is 40.2 Å². The number of nitrogens with zero attached hydrogens (tertiary/aromatic N) is 8. The third-order valence-corrected chi connectivity index (χ3v) is 8.83. The number of aldehydes is 1. The highest BCUT2D eigenvalue weighted by atomic mass is 16.5. The molecule has 0 spiro atoms. The molecule has 0 radical (unpaired) electrons. The zero-order valence-electron chi connectivity index (χ0n) is 29.1. The Balaban J connectivity index is 1.24. The van der Waals surface area contributed by atoms with Crippen molar-refractivity contribution < 1.29 is 23.9 Å². The third-order valence-electron chi connectivity index (χ3n) is 8.83. The van der Waals surface area contributed by atoms with Gasteiger partial charge in [0, 0.05) is 38.2 Å². The minimum Gasteiger partial charge on any atom is -0.491 e. The topological polar surface area (TPSA) is 165 Å². The number of hydrogen-bond acceptors (Lipinski definition) is 9. The van der Waals surface area contributed by atoms with Gasteiger partial charge in [0.15, 0.2) is 0 Å². The summed E-state index contributed by atoms with van der Waals surface area (Å²) < 4.78 is 19.8. The molecule has 0 saturated carbocycles. The number of benzene rings is 2. The maximum Gasteiger partial charge on any atom is 0.276 e. The molecule has 1 aliphatic heterocycles. The molecular weight excluding hydrogens is 652 g/mol. The molecule has 0 aliphatic carbocycles. The fourth-order valence-corrected chi connectivity index (χ4v) is 6.56. The lowest BCUT2D eigenvalue weighted by Crippen LogP contribution is -2.20. The molecule has 2 amide bonds. The number of ether oxygens (including phenoxy) is 2. The van der Waals surface area contributed by atoms with Crippen molar-refractivity contribution >= 4 is 52.1 Å². The van der Waals surface area contributed by atoms with E-state index in [1.54, 1.807) is 33.6 Å². The van der Waals surface area contributed by atoms with Crippen molar-refractivity contribution in [2.45, 2.75) is 73.1 Å². The second-order valence-corrected chi connectivity index (χ2v) is 12.4. The van der Waals surface area contributed by atoms with E-state index in [1.807, 2.05) is 55.0 Å². The van der Waals surface area contributed by atoms with Crippen LogP contribution in [0.4, 0.5) is 11.9 Å². The number of nitrogens with one attached hydrogen (secondary N) is 2. The highest BCUT2D eigenvalue weighted by molar-refractivity contribution is 6.04. The Labute approximate surface area is 293 Å². The van der Waals surface area contributed by atoms with Crippen LogP contribution in [0.2, 0.25) is 0 Å². The summed E-state index contributed by atoms with van der Waals surface area (Å²) in [4.78, 5) is 48.6. The van der Waals surface area contributed by atoms with Crippen LogP contribution in [0, 0.1) is 13.8 Å². The minimum atomic E-state index is -0.340. The Morgan fingerprint density at radius 3 is 1.86 bits per heavy atom. The Bertz CT molecular complexity index is 2280. The van der Waals surface area contributed by atoms with Crippen LogP contribution in [0.25, 0.3) is 22.1 Å². The van der Waals surface area contributed by atoms with Gasteiger partial charge in [-0.2, -0.15) is 10.2 Å². The second-order valence-electron chi connectivity index (χ2n) is 12.4. The monoisotopic (exact) mass is 692 g/mol. The van der Waals surface area contributed by atoms with E-state index in [0.717, 1.165) is 23.2 Å². The molecule has 1 aliphatic rings. The van der Waals surface area contributed by atoms with E-state index in [4.69, 9.17) is 19.4 Å². The molecular formula is C36H40N10O5. The maximum absolute atomic E-state index is 13.6. The Morgan fingerprint density at radius 1 is 0.745 bits per heavy atom. The number of rotatable bonds is 7. The first-order valence-electron chi connectivity index (χ1n) is 17.2. The molecule has 0 fully saturated rings. The van der Waals surface area contributed by atoms with Gasteiger partial charge < -0.3 is 18.6 Å². The van der Waals surface area contributed by atoms with E-state index in [1.165, 1.54) is 0 Å². The molecule has 264 valence electrons. The van der Waals surface area contributed by atoms with Crippen molar-refractivity contribution in [2.75, 3.05) is 23.8 Å². The zero-order chi connectivity index (χ0) is 35.6. The van der Waals surface area contributed by atoms with Crippen LogP contribution < -0.4 is 20.1 Å². The molecule has 2 aromatic carbocycles.